The predicted octanol–water partition coefficient (Wildman–Crippen LogP) is 4.63. The minimum absolute atomic E-state index is 0.0160. The van der Waals surface area contributed by atoms with E-state index >= 15 is 0 Å². The maximum Gasteiger partial charge on any atom is 0.300 e. The fourth-order valence-corrected chi connectivity index (χ4v) is 3.70. The van der Waals surface area contributed by atoms with Crippen LogP contribution in [0.15, 0.2) is 78.6 Å². The molecule has 32 heavy (non-hydrogen) atoms. The monoisotopic (exact) mass is 432 g/mol. The molecule has 0 spiro atoms. The Morgan fingerprint density at radius 1 is 1.06 bits per heavy atom. The van der Waals surface area contributed by atoms with Crippen LogP contribution in [0.5, 0.6) is 5.75 Å². The highest BCUT2D eigenvalue weighted by atomic mass is 19.1. The van der Waals surface area contributed by atoms with E-state index in [1.165, 1.54) is 35.5 Å². The number of hydrogen-bond donors (Lipinski definition) is 1. The Kier molecular flexibility index (Phi) is 5.73. The van der Waals surface area contributed by atoms with Gasteiger partial charge in [-0.25, -0.2) is 4.39 Å². The van der Waals surface area contributed by atoms with Gasteiger partial charge in [0.25, 0.3) is 11.7 Å². The van der Waals surface area contributed by atoms with Gasteiger partial charge in [-0.15, -0.1) is 0 Å². The molecule has 1 saturated heterocycles. The van der Waals surface area contributed by atoms with Crippen molar-refractivity contribution in [1.29, 1.82) is 0 Å². The van der Waals surface area contributed by atoms with E-state index in [1.807, 2.05) is 13.8 Å². The molecule has 0 bridgehead atoms. The number of rotatable bonds is 5. The number of anilines is 1. The molecule has 1 N–H and O–H groups in total. The van der Waals surface area contributed by atoms with Crippen molar-refractivity contribution >= 4 is 23.1 Å². The molecule has 1 aromatic heterocycles. The molecule has 3 aromatic rings. The SMILES string of the molecule is CC(C)Oc1ccc(/C(O)=C2\C(=O)C(=O)N(c3cccc(F)c3)C2c2ccncc2)cc1. The number of ether oxygens (including phenoxy) is 1. The maximum atomic E-state index is 13.9. The zero-order valence-electron chi connectivity index (χ0n) is 17.5. The van der Waals surface area contributed by atoms with Crippen LogP contribution in [0.3, 0.4) is 0 Å². The van der Waals surface area contributed by atoms with Gasteiger partial charge >= 0.3 is 0 Å². The largest absolute Gasteiger partial charge is 0.507 e. The molecule has 0 saturated carbocycles. The van der Waals surface area contributed by atoms with E-state index < -0.39 is 23.5 Å². The summed E-state index contributed by atoms with van der Waals surface area (Å²) in [5.74, 6) is -1.95. The third kappa shape index (κ3) is 3.97. The summed E-state index contributed by atoms with van der Waals surface area (Å²) < 4.78 is 19.5. The number of hydrogen-bond acceptors (Lipinski definition) is 5. The van der Waals surface area contributed by atoms with Crippen LogP contribution in [-0.2, 0) is 9.59 Å². The Morgan fingerprint density at radius 3 is 2.38 bits per heavy atom. The van der Waals surface area contributed by atoms with E-state index in [1.54, 1.807) is 42.5 Å². The number of carbonyl (C=O) groups is 2. The second-order valence-corrected chi connectivity index (χ2v) is 7.62. The minimum Gasteiger partial charge on any atom is -0.507 e. The highest BCUT2D eigenvalue weighted by molar-refractivity contribution is 6.51. The first-order valence-electron chi connectivity index (χ1n) is 10.1. The van der Waals surface area contributed by atoms with Gasteiger partial charge in [0.1, 0.15) is 17.3 Å². The molecular formula is C25H21FN2O4. The van der Waals surface area contributed by atoms with Gasteiger partial charge < -0.3 is 9.84 Å². The Bertz CT molecular complexity index is 1190. The molecule has 1 atom stereocenters. The molecule has 1 unspecified atom stereocenters. The number of benzene rings is 2. The van der Waals surface area contributed by atoms with E-state index in [9.17, 15) is 19.1 Å². The summed E-state index contributed by atoms with van der Waals surface area (Å²) >= 11 is 0. The van der Waals surface area contributed by atoms with Gasteiger partial charge in [-0.3, -0.25) is 19.5 Å². The molecule has 2 aromatic carbocycles. The van der Waals surface area contributed by atoms with Crippen LogP contribution in [0.4, 0.5) is 10.1 Å². The number of aromatic nitrogens is 1. The lowest BCUT2D eigenvalue weighted by Crippen LogP contribution is -2.29. The molecule has 4 rings (SSSR count). The number of carbonyl (C=O) groups excluding carboxylic acids is 2. The molecule has 2 heterocycles. The summed E-state index contributed by atoms with van der Waals surface area (Å²) in [5.41, 5.74) is 1.05. The maximum absolute atomic E-state index is 13.9. The Labute approximate surface area is 184 Å². The van der Waals surface area contributed by atoms with E-state index in [-0.39, 0.29) is 23.1 Å². The molecule has 6 nitrogen and oxygen atoms in total. The van der Waals surface area contributed by atoms with Crippen LogP contribution in [0.1, 0.15) is 31.0 Å². The standard InChI is InChI=1S/C25H21FN2O4/c1-15(2)32-20-8-6-17(7-9-20)23(29)21-22(16-10-12-27-13-11-16)28(25(31)24(21)30)19-5-3-4-18(26)14-19/h3-15,22,29H,1-2H3/b23-21+. The quantitative estimate of drug-likeness (QED) is 0.361. The summed E-state index contributed by atoms with van der Waals surface area (Å²) in [7, 11) is 0. The average Bonchev–Trinajstić information content (AvgIpc) is 3.05. The highest BCUT2D eigenvalue weighted by Gasteiger charge is 2.47. The zero-order chi connectivity index (χ0) is 22.8. The first-order valence-corrected chi connectivity index (χ1v) is 10.1. The number of amides is 1. The highest BCUT2D eigenvalue weighted by Crippen LogP contribution is 2.42. The van der Waals surface area contributed by atoms with Crippen LogP contribution in [0, 0.1) is 5.82 Å². The molecule has 1 fully saturated rings. The predicted molar refractivity (Wildman–Crippen MR) is 118 cm³/mol. The fourth-order valence-electron chi connectivity index (χ4n) is 3.70. The van der Waals surface area contributed by atoms with Crippen LogP contribution < -0.4 is 9.64 Å². The molecule has 0 radical (unpaired) electrons. The molecule has 1 amide bonds. The van der Waals surface area contributed by atoms with Gasteiger partial charge in [0, 0.05) is 23.6 Å². The fraction of sp³-hybridized carbons (Fsp3) is 0.160. The summed E-state index contributed by atoms with van der Waals surface area (Å²) in [6.07, 6.45) is 3.04. The molecule has 0 aliphatic carbocycles. The number of nitrogens with zero attached hydrogens (tertiary/aromatic N) is 2. The summed E-state index contributed by atoms with van der Waals surface area (Å²) in [6.45, 7) is 3.80. The van der Waals surface area contributed by atoms with Gasteiger partial charge in [-0.05, 0) is 74.0 Å². The topological polar surface area (TPSA) is 79.7 Å². The molecule has 7 heteroatoms. The van der Waals surface area contributed by atoms with Crippen LogP contribution in [0.25, 0.3) is 5.76 Å². The van der Waals surface area contributed by atoms with Crippen molar-refractivity contribution < 1.29 is 23.8 Å². The summed E-state index contributed by atoms with van der Waals surface area (Å²) in [4.78, 5) is 31.2. The van der Waals surface area contributed by atoms with Gasteiger partial charge in [-0.2, -0.15) is 0 Å². The third-order valence-electron chi connectivity index (χ3n) is 5.05. The zero-order valence-corrected chi connectivity index (χ0v) is 17.5. The van der Waals surface area contributed by atoms with Gasteiger partial charge in [0.05, 0.1) is 17.7 Å². The smallest absolute Gasteiger partial charge is 0.300 e. The number of aliphatic hydroxyl groups is 1. The van der Waals surface area contributed by atoms with E-state index in [4.69, 9.17) is 4.74 Å². The minimum atomic E-state index is -0.939. The number of pyridine rings is 1. The van der Waals surface area contributed by atoms with Crippen molar-refractivity contribution in [3.63, 3.8) is 0 Å². The van der Waals surface area contributed by atoms with E-state index in [2.05, 4.69) is 4.98 Å². The second kappa shape index (κ2) is 8.63. The van der Waals surface area contributed by atoms with Gasteiger partial charge in [0.15, 0.2) is 0 Å². The second-order valence-electron chi connectivity index (χ2n) is 7.62. The third-order valence-corrected chi connectivity index (χ3v) is 5.05. The van der Waals surface area contributed by atoms with Crippen molar-refractivity contribution in [2.24, 2.45) is 0 Å². The van der Waals surface area contributed by atoms with Crippen molar-refractivity contribution in [3.05, 3.63) is 95.6 Å². The normalized spacial score (nSPS) is 17.8. The van der Waals surface area contributed by atoms with Crippen LogP contribution in [-0.4, -0.2) is 27.9 Å². The molecule has 162 valence electrons. The van der Waals surface area contributed by atoms with Crippen molar-refractivity contribution in [3.8, 4) is 5.75 Å². The lowest BCUT2D eigenvalue weighted by molar-refractivity contribution is -0.132. The number of ketones is 1. The van der Waals surface area contributed by atoms with Crippen molar-refractivity contribution in [2.75, 3.05) is 4.90 Å². The van der Waals surface area contributed by atoms with Crippen molar-refractivity contribution in [1.82, 2.24) is 4.98 Å². The average molecular weight is 432 g/mol. The summed E-state index contributed by atoms with van der Waals surface area (Å²) in [5, 5.41) is 11.1. The first-order chi connectivity index (χ1) is 15.4. The number of aliphatic hydroxyl groups excluding tert-OH is 1. The first kappa shape index (κ1) is 21.2. The molecule has 1 aliphatic rings. The molecule has 1 aliphatic heterocycles. The number of Topliss-reactive ketones (excluding diaryl/α,β-unsaturated/α-hetero) is 1. The van der Waals surface area contributed by atoms with Gasteiger partial charge in [-0.1, -0.05) is 6.07 Å². The van der Waals surface area contributed by atoms with E-state index in [0.29, 0.717) is 16.9 Å². The van der Waals surface area contributed by atoms with E-state index in [0.717, 1.165) is 0 Å². The Hall–Kier alpha value is -4.00. The Morgan fingerprint density at radius 2 is 1.75 bits per heavy atom. The summed E-state index contributed by atoms with van der Waals surface area (Å²) in [6, 6.07) is 14.4. The lowest BCUT2D eigenvalue weighted by atomic mass is 9.95. The molecular weight excluding hydrogens is 411 g/mol. The van der Waals surface area contributed by atoms with Gasteiger partial charge in [0.2, 0.25) is 0 Å². The number of halogens is 1. The Balaban J connectivity index is 1.85. The van der Waals surface area contributed by atoms with Crippen LogP contribution in [0.2, 0.25) is 0 Å². The lowest BCUT2D eigenvalue weighted by Gasteiger charge is -2.25. The van der Waals surface area contributed by atoms with Crippen molar-refractivity contribution in [2.45, 2.75) is 26.0 Å². The van der Waals surface area contributed by atoms with Crippen LogP contribution >= 0.6 is 0 Å².